The van der Waals surface area contributed by atoms with E-state index in [1.165, 1.54) is 12.1 Å². The molecule has 0 saturated heterocycles. The number of fused-ring (bicyclic) bond motifs is 1. The second-order valence-electron chi connectivity index (χ2n) is 4.36. The lowest BCUT2D eigenvalue weighted by atomic mass is 9.94. The summed E-state index contributed by atoms with van der Waals surface area (Å²) >= 11 is 0. The van der Waals surface area contributed by atoms with Crippen molar-refractivity contribution in [2.75, 3.05) is 6.61 Å². The van der Waals surface area contributed by atoms with E-state index in [1.54, 1.807) is 12.1 Å². The summed E-state index contributed by atoms with van der Waals surface area (Å²) in [4.78, 5) is 0. The van der Waals surface area contributed by atoms with Crippen LogP contribution in [0.4, 0.5) is 4.39 Å². The fraction of sp³-hybridized carbons (Fsp3) is 0.308. The van der Waals surface area contributed by atoms with Gasteiger partial charge in [0, 0.05) is 11.1 Å². The van der Waals surface area contributed by atoms with Crippen molar-refractivity contribution in [3.63, 3.8) is 0 Å². The van der Waals surface area contributed by atoms with Crippen LogP contribution in [0, 0.1) is 5.82 Å². The smallest absolute Gasteiger partial charge is 0.236 e. The Kier molecular flexibility index (Phi) is 2.35. The molecule has 17 heavy (non-hydrogen) atoms. The third-order valence-corrected chi connectivity index (χ3v) is 3.18. The number of hydrogen-bond donors (Lipinski definition) is 1. The highest BCUT2D eigenvalue weighted by atomic mass is 19.1. The maximum Gasteiger partial charge on any atom is 0.236 e. The molecule has 1 unspecified atom stereocenters. The SMILES string of the molecule is CC1CCOc2n[nH]c(-c3ccc(F)cc3)c21. The molecule has 0 saturated carbocycles. The minimum Gasteiger partial charge on any atom is -0.476 e. The van der Waals surface area contributed by atoms with Gasteiger partial charge in [0.15, 0.2) is 0 Å². The maximum absolute atomic E-state index is 12.9. The Balaban J connectivity index is 2.09. The highest BCUT2D eigenvalue weighted by Crippen LogP contribution is 2.38. The molecular weight excluding hydrogens is 219 g/mol. The average molecular weight is 232 g/mol. The topological polar surface area (TPSA) is 37.9 Å². The first-order valence-electron chi connectivity index (χ1n) is 5.72. The zero-order valence-corrected chi connectivity index (χ0v) is 9.53. The molecule has 1 aliphatic heterocycles. The number of ether oxygens (including phenoxy) is 1. The predicted octanol–water partition coefficient (Wildman–Crippen LogP) is 3.10. The molecule has 0 fully saturated rings. The molecule has 4 heteroatoms. The van der Waals surface area contributed by atoms with E-state index in [9.17, 15) is 4.39 Å². The van der Waals surface area contributed by atoms with Gasteiger partial charge in [0.05, 0.1) is 12.3 Å². The molecule has 1 N–H and O–H groups in total. The summed E-state index contributed by atoms with van der Waals surface area (Å²) < 4.78 is 18.4. The molecule has 0 spiro atoms. The predicted molar refractivity (Wildman–Crippen MR) is 62.5 cm³/mol. The Hall–Kier alpha value is -1.84. The van der Waals surface area contributed by atoms with Gasteiger partial charge >= 0.3 is 0 Å². The van der Waals surface area contributed by atoms with Crippen molar-refractivity contribution in [2.24, 2.45) is 0 Å². The van der Waals surface area contributed by atoms with Crippen LogP contribution in [0.25, 0.3) is 11.3 Å². The van der Waals surface area contributed by atoms with Crippen LogP contribution in [0.1, 0.15) is 24.8 Å². The van der Waals surface area contributed by atoms with E-state index >= 15 is 0 Å². The molecule has 1 atom stereocenters. The zero-order valence-electron chi connectivity index (χ0n) is 9.53. The third kappa shape index (κ3) is 1.69. The van der Waals surface area contributed by atoms with Crippen LogP contribution in [0.3, 0.4) is 0 Å². The molecule has 2 heterocycles. The maximum atomic E-state index is 12.9. The van der Waals surface area contributed by atoms with Gasteiger partial charge in [-0.15, -0.1) is 5.10 Å². The van der Waals surface area contributed by atoms with Crippen LogP contribution in [0.5, 0.6) is 5.88 Å². The molecule has 1 aliphatic rings. The van der Waals surface area contributed by atoms with Gasteiger partial charge in [-0.25, -0.2) is 4.39 Å². The van der Waals surface area contributed by atoms with Gasteiger partial charge in [0.1, 0.15) is 5.82 Å². The minimum absolute atomic E-state index is 0.230. The molecule has 88 valence electrons. The minimum atomic E-state index is -0.230. The third-order valence-electron chi connectivity index (χ3n) is 3.18. The van der Waals surface area contributed by atoms with Crippen molar-refractivity contribution in [1.82, 2.24) is 10.2 Å². The molecule has 1 aromatic carbocycles. The second kappa shape index (κ2) is 3.87. The van der Waals surface area contributed by atoms with E-state index < -0.39 is 0 Å². The lowest BCUT2D eigenvalue weighted by Crippen LogP contribution is -2.11. The van der Waals surface area contributed by atoms with Crippen LogP contribution in [-0.2, 0) is 0 Å². The lowest BCUT2D eigenvalue weighted by Gasteiger charge is -2.19. The van der Waals surface area contributed by atoms with Crippen molar-refractivity contribution >= 4 is 0 Å². The molecule has 0 radical (unpaired) electrons. The Bertz CT molecular complexity index is 533. The lowest BCUT2D eigenvalue weighted by molar-refractivity contribution is 0.263. The molecule has 3 nitrogen and oxygen atoms in total. The number of aromatic nitrogens is 2. The summed E-state index contributed by atoms with van der Waals surface area (Å²) in [6.45, 7) is 2.87. The highest BCUT2D eigenvalue weighted by molar-refractivity contribution is 5.66. The summed E-state index contributed by atoms with van der Waals surface area (Å²) in [6, 6.07) is 6.42. The van der Waals surface area contributed by atoms with E-state index in [1.807, 2.05) is 0 Å². The molecule has 1 aromatic heterocycles. The van der Waals surface area contributed by atoms with Crippen molar-refractivity contribution in [3.05, 3.63) is 35.6 Å². The summed E-state index contributed by atoms with van der Waals surface area (Å²) in [5.41, 5.74) is 2.98. The van der Waals surface area contributed by atoms with Gasteiger partial charge in [-0.1, -0.05) is 6.92 Å². The first-order chi connectivity index (χ1) is 8.25. The summed E-state index contributed by atoms with van der Waals surface area (Å²) in [6.07, 6.45) is 0.987. The van der Waals surface area contributed by atoms with E-state index in [0.717, 1.165) is 23.2 Å². The van der Waals surface area contributed by atoms with Gasteiger partial charge in [-0.2, -0.15) is 0 Å². The number of rotatable bonds is 1. The number of nitrogens with one attached hydrogen (secondary N) is 1. The molecule has 0 amide bonds. The number of nitrogens with zero attached hydrogens (tertiary/aromatic N) is 1. The standard InChI is InChI=1S/C13H13FN2O/c1-8-6-7-17-13-11(8)12(15-16-13)9-2-4-10(14)5-3-9/h2-5,8H,6-7H2,1H3,(H,15,16). The number of hydrogen-bond acceptors (Lipinski definition) is 2. The Morgan fingerprint density at radius 1 is 1.35 bits per heavy atom. The normalized spacial score (nSPS) is 18.6. The summed E-state index contributed by atoms with van der Waals surface area (Å²) in [7, 11) is 0. The fourth-order valence-electron chi connectivity index (χ4n) is 2.21. The van der Waals surface area contributed by atoms with Crippen molar-refractivity contribution in [2.45, 2.75) is 19.3 Å². The van der Waals surface area contributed by atoms with E-state index in [4.69, 9.17) is 4.74 Å². The zero-order chi connectivity index (χ0) is 11.8. The summed E-state index contributed by atoms with van der Waals surface area (Å²) in [5.74, 6) is 0.868. The van der Waals surface area contributed by atoms with Crippen LogP contribution >= 0.6 is 0 Å². The molecule has 0 aliphatic carbocycles. The van der Waals surface area contributed by atoms with Crippen molar-refractivity contribution in [3.8, 4) is 17.1 Å². The molecule has 3 rings (SSSR count). The highest BCUT2D eigenvalue weighted by Gasteiger charge is 2.25. The first kappa shape index (κ1) is 10.3. The molecule has 0 bridgehead atoms. The monoisotopic (exact) mass is 232 g/mol. The second-order valence-corrected chi connectivity index (χ2v) is 4.36. The van der Waals surface area contributed by atoms with Gasteiger partial charge < -0.3 is 4.74 Å². The van der Waals surface area contributed by atoms with Crippen LogP contribution in [-0.4, -0.2) is 16.8 Å². The molecular formula is C13H13FN2O. The fourth-order valence-corrected chi connectivity index (χ4v) is 2.21. The average Bonchev–Trinajstić information content (AvgIpc) is 2.75. The van der Waals surface area contributed by atoms with Gasteiger partial charge in [-0.3, -0.25) is 5.10 Å². The van der Waals surface area contributed by atoms with E-state index in [-0.39, 0.29) is 5.82 Å². The van der Waals surface area contributed by atoms with Crippen LogP contribution < -0.4 is 4.74 Å². The Morgan fingerprint density at radius 3 is 2.88 bits per heavy atom. The van der Waals surface area contributed by atoms with Gasteiger partial charge in [-0.05, 0) is 36.6 Å². The van der Waals surface area contributed by atoms with Gasteiger partial charge in [0.25, 0.3) is 0 Å². The number of halogens is 1. The summed E-state index contributed by atoms with van der Waals surface area (Å²) in [5, 5.41) is 7.15. The molecule has 2 aromatic rings. The van der Waals surface area contributed by atoms with E-state index in [2.05, 4.69) is 17.1 Å². The quantitative estimate of drug-likeness (QED) is 0.820. The first-order valence-corrected chi connectivity index (χ1v) is 5.72. The number of aromatic amines is 1. The number of benzene rings is 1. The Labute approximate surface area is 98.6 Å². The van der Waals surface area contributed by atoms with Crippen molar-refractivity contribution < 1.29 is 9.13 Å². The number of H-pyrrole nitrogens is 1. The van der Waals surface area contributed by atoms with Crippen LogP contribution in [0.15, 0.2) is 24.3 Å². The Morgan fingerprint density at radius 2 is 2.12 bits per heavy atom. The largest absolute Gasteiger partial charge is 0.476 e. The van der Waals surface area contributed by atoms with E-state index in [0.29, 0.717) is 18.4 Å². The van der Waals surface area contributed by atoms with Gasteiger partial charge in [0.2, 0.25) is 5.88 Å². The van der Waals surface area contributed by atoms with Crippen LogP contribution in [0.2, 0.25) is 0 Å². The van der Waals surface area contributed by atoms with Crippen molar-refractivity contribution in [1.29, 1.82) is 0 Å².